The lowest BCUT2D eigenvalue weighted by Gasteiger charge is -2.23. The van der Waals surface area contributed by atoms with Gasteiger partial charge < -0.3 is 0 Å². The number of aryl methyl sites for hydroxylation is 1. The van der Waals surface area contributed by atoms with E-state index in [4.69, 9.17) is 6.42 Å². The third-order valence-electron chi connectivity index (χ3n) is 2.02. The van der Waals surface area contributed by atoms with Gasteiger partial charge in [-0.15, -0.1) is 17.8 Å². The molecule has 2 nitrogen and oxygen atoms in total. The van der Waals surface area contributed by atoms with E-state index >= 15 is 0 Å². The number of hydrogen-bond donors (Lipinski definition) is 1. The molecule has 0 fully saturated rings. The molecule has 1 aromatic heterocycles. The highest BCUT2D eigenvalue weighted by Crippen LogP contribution is 2.18. The quantitative estimate of drug-likeness (QED) is 0.772. The number of aromatic nitrogens is 1. The highest BCUT2D eigenvalue weighted by Gasteiger charge is 2.18. The molecule has 0 aliphatic heterocycles. The number of nitrogens with zero attached hydrogens (tertiary/aromatic N) is 1. The first kappa shape index (κ1) is 11.2. The molecule has 0 bridgehead atoms. The average Bonchev–Trinajstić information content (AvgIpc) is 2.51. The van der Waals surface area contributed by atoms with Gasteiger partial charge in [0.25, 0.3) is 0 Å². The monoisotopic (exact) mass is 208 g/mol. The Kier molecular flexibility index (Phi) is 3.30. The van der Waals surface area contributed by atoms with E-state index in [0.717, 1.165) is 10.7 Å². The van der Waals surface area contributed by atoms with E-state index < -0.39 is 0 Å². The van der Waals surface area contributed by atoms with Crippen LogP contribution in [0, 0.1) is 19.3 Å². The van der Waals surface area contributed by atoms with E-state index in [1.54, 1.807) is 11.3 Å². The molecular weight excluding hydrogens is 192 g/mol. The summed E-state index contributed by atoms with van der Waals surface area (Å²) in [5, 5.41) is 6.50. The van der Waals surface area contributed by atoms with Crippen LogP contribution in [0.1, 0.15) is 37.5 Å². The van der Waals surface area contributed by atoms with Crippen LogP contribution in [0.15, 0.2) is 5.38 Å². The SMILES string of the molecule is C#CC(C)(C)NC(C)c1csc(C)n1. The molecule has 1 aromatic rings. The summed E-state index contributed by atoms with van der Waals surface area (Å²) in [6, 6.07) is 0.200. The van der Waals surface area contributed by atoms with Gasteiger partial charge in [-0.25, -0.2) is 4.98 Å². The van der Waals surface area contributed by atoms with E-state index in [9.17, 15) is 0 Å². The fraction of sp³-hybridized carbons (Fsp3) is 0.545. The Morgan fingerprint density at radius 2 is 2.29 bits per heavy atom. The van der Waals surface area contributed by atoms with Crippen LogP contribution in [0.5, 0.6) is 0 Å². The van der Waals surface area contributed by atoms with Crippen molar-refractivity contribution in [3.8, 4) is 12.3 Å². The fourth-order valence-electron chi connectivity index (χ4n) is 1.24. The Morgan fingerprint density at radius 3 is 2.71 bits per heavy atom. The van der Waals surface area contributed by atoms with Gasteiger partial charge in [0.05, 0.1) is 16.2 Å². The minimum atomic E-state index is -0.281. The van der Waals surface area contributed by atoms with E-state index in [0.29, 0.717) is 0 Å². The van der Waals surface area contributed by atoms with Crippen molar-refractivity contribution in [3.63, 3.8) is 0 Å². The summed E-state index contributed by atoms with van der Waals surface area (Å²) < 4.78 is 0. The normalized spacial score (nSPS) is 13.6. The van der Waals surface area contributed by atoms with Gasteiger partial charge >= 0.3 is 0 Å². The zero-order valence-corrected chi connectivity index (χ0v) is 9.90. The smallest absolute Gasteiger partial charge is 0.0898 e. The van der Waals surface area contributed by atoms with Crippen molar-refractivity contribution in [2.45, 2.75) is 39.3 Å². The van der Waals surface area contributed by atoms with Crippen molar-refractivity contribution in [3.05, 3.63) is 16.1 Å². The minimum Gasteiger partial charge on any atom is -0.293 e. The largest absolute Gasteiger partial charge is 0.293 e. The minimum absolute atomic E-state index is 0.200. The maximum absolute atomic E-state index is 5.41. The number of hydrogen-bond acceptors (Lipinski definition) is 3. The Morgan fingerprint density at radius 1 is 1.64 bits per heavy atom. The van der Waals surface area contributed by atoms with Crippen molar-refractivity contribution in [1.82, 2.24) is 10.3 Å². The molecule has 76 valence electrons. The van der Waals surface area contributed by atoms with Gasteiger partial charge in [-0.1, -0.05) is 5.92 Å². The molecule has 1 N–H and O–H groups in total. The van der Waals surface area contributed by atoms with Gasteiger partial charge in [0.1, 0.15) is 0 Å². The summed E-state index contributed by atoms with van der Waals surface area (Å²) in [7, 11) is 0. The Bertz CT molecular complexity index is 346. The van der Waals surface area contributed by atoms with Crippen LogP contribution in [0.3, 0.4) is 0 Å². The molecule has 0 saturated heterocycles. The Hall–Kier alpha value is -0.850. The Labute approximate surface area is 89.8 Å². The van der Waals surface area contributed by atoms with Gasteiger partial charge in [0.2, 0.25) is 0 Å². The lowest BCUT2D eigenvalue weighted by molar-refractivity contribution is 0.426. The van der Waals surface area contributed by atoms with Gasteiger partial charge in [0.15, 0.2) is 0 Å². The lowest BCUT2D eigenvalue weighted by Crippen LogP contribution is -2.39. The number of thiazole rings is 1. The summed E-state index contributed by atoms with van der Waals surface area (Å²) in [5.41, 5.74) is 0.785. The van der Waals surface area contributed by atoms with Crippen LogP contribution in [-0.2, 0) is 0 Å². The molecule has 3 heteroatoms. The van der Waals surface area contributed by atoms with Crippen molar-refractivity contribution >= 4 is 11.3 Å². The average molecular weight is 208 g/mol. The third-order valence-corrected chi connectivity index (χ3v) is 2.81. The first-order chi connectivity index (χ1) is 6.44. The van der Waals surface area contributed by atoms with Gasteiger partial charge in [-0.2, -0.15) is 0 Å². The maximum Gasteiger partial charge on any atom is 0.0898 e. The van der Waals surface area contributed by atoms with Crippen LogP contribution in [0.25, 0.3) is 0 Å². The molecule has 1 heterocycles. The van der Waals surface area contributed by atoms with E-state index in [2.05, 4.69) is 28.5 Å². The molecule has 0 saturated carbocycles. The topological polar surface area (TPSA) is 24.9 Å². The Balaban J connectivity index is 2.69. The first-order valence-electron chi connectivity index (χ1n) is 4.62. The van der Waals surface area contributed by atoms with Gasteiger partial charge in [0, 0.05) is 11.4 Å². The third kappa shape index (κ3) is 2.83. The second-order valence-electron chi connectivity index (χ2n) is 3.93. The first-order valence-corrected chi connectivity index (χ1v) is 5.50. The molecule has 0 radical (unpaired) electrons. The number of terminal acetylenes is 1. The predicted octanol–water partition coefficient (Wildman–Crippen LogP) is 2.51. The van der Waals surface area contributed by atoms with Crippen molar-refractivity contribution < 1.29 is 0 Å². The summed E-state index contributed by atoms with van der Waals surface area (Å²) in [6.45, 7) is 8.06. The highest BCUT2D eigenvalue weighted by atomic mass is 32.1. The molecule has 1 unspecified atom stereocenters. The molecular formula is C11H16N2S. The zero-order valence-electron chi connectivity index (χ0n) is 9.09. The van der Waals surface area contributed by atoms with E-state index in [-0.39, 0.29) is 11.6 Å². The highest BCUT2D eigenvalue weighted by molar-refractivity contribution is 7.09. The van der Waals surface area contributed by atoms with Crippen LogP contribution in [0.4, 0.5) is 0 Å². The fourth-order valence-corrected chi connectivity index (χ4v) is 1.94. The zero-order chi connectivity index (χ0) is 10.8. The molecule has 0 aliphatic rings. The molecule has 14 heavy (non-hydrogen) atoms. The number of rotatable bonds is 3. The molecule has 0 amide bonds. The van der Waals surface area contributed by atoms with Crippen LogP contribution >= 0.6 is 11.3 Å². The molecule has 0 aromatic carbocycles. The summed E-state index contributed by atoms with van der Waals surface area (Å²) >= 11 is 1.66. The molecule has 1 rings (SSSR count). The van der Waals surface area contributed by atoms with E-state index in [1.807, 2.05) is 20.8 Å². The molecule has 0 aliphatic carbocycles. The van der Waals surface area contributed by atoms with E-state index in [1.165, 1.54) is 0 Å². The van der Waals surface area contributed by atoms with Crippen molar-refractivity contribution in [2.24, 2.45) is 0 Å². The van der Waals surface area contributed by atoms with Crippen LogP contribution in [0.2, 0.25) is 0 Å². The van der Waals surface area contributed by atoms with Crippen LogP contribution in [-0.4, -0.2) is 10.5 Å². The maximum atomic E-state index is 5.41. The van der Waals surface area contributed by atoms with Crippen LogP contribution < -0.4 is 5.32 Å². The number of nitrogens with one attached hydrogen (secondary N) is 1. The van der Waals surface area contributed by atoms with Crippen molar-refractivity contribution in [1.29, 1.82) is 0 Å². The standard InChI is InChI=1S/C11H16N2S/c1-6-11(4,5)13-8(2)10-7-14-9(3)12-10/h1,7-8,13H,2-5H3. The molecule has 0 spiro atoms. The second-order valence-corrected chi connectivity index (χ2v) is 4.99. The summed E-state index contributed by atoms with van der Waals surface area (Å²) in [5.74, 6) is 2.71. The van der Waals surface area contributed by atoms with Gasteiger partial charge in [-0.3, -0.25) is 5.32 Å². The molecule has 1 atom stereocenters. The van der Waals surface area contributed by atoms with Crippen molar-refractivity contribution in [2.75, 3.05) is 0 Å². The predicted molar refractivity (Wildman–Crippen MR) is 61.3 cm³/mol. The summed E-state index contributed by atoms with van der Waals surface area (Å²) in [4.78, 5) is 4.42. The summed E-state index contributed by atoms with van der Waals surface area (Å²) in [6.07, 6.45) is 5.41. The lowest BCUT2D eigenvalue weighted by atomic mass is 10.1. The second kappa shape index (κ2) is 4.12. The van der Waals surface area contributed by atoms with Gasteiger partial charge in [-0.05, 0) is 27.7 Å².